The standard InChI is InChI=1S/C9H15NO4/c1-6(11)10-8(9(12)13)7-2-4-14-5-3-7/h7-8H,2-5H2,1H3,(H,10,11)(H,12,13). The zero-order chi connectivity index (χ0) is 10.6. The molecule has 1 aliphatic heterocycles. The largest absolute Gasteiger partial charge is 0.480 e. The molecule has 1 heterocycles. The molecule has 80 valence electrons. The molecule has 1 saturated heterocycles. The van der Waals surface area contributed by atoms with E-state index in [4.69, 9.17) is 9.84 Å². The van der Waals surface area contributed by atoms with Crippen molar-refractivity contribution in [3.8, 4) is 0 Å². The van der Waals surface area contributed by atoms with Crippen LogP contribution in [0.25, 0.3) is 0 Å². The Bertz CT molecular complexity index is 223. The van der Waals surface area contributed by atoms with Crippen molar-refractivity contribution >= 4 is 11.9 Å². The highest BCUT2D eigenvalue weighted by atomic mass is 16.5. The Hall–Kier alpha value is -1.10. The van der Waals surface area contributed by atoms with Gasteiger partial charge in [-0.25, -0.2) is 4.79 Å². The smallest absolute Gasteiger partial charge is 0.326 e. The van der Waals surface area contributed by atoms with E-state index in [1.54, 1.807) is 0 Å². The fourth-order valence-corrected chi connectivity index (χ4v) is 1.65. The maximum Gasteiger partial charge on any atom is 0.326 e. The predicted octanol–water partition coefficient (Wildman–Crippen LogP) is 0.00230. The molecule has 1 rings (SSSR count). The summed E-state index contributed by atoms with van der Waals surface area (Å²) >= 11 is 0. The molecule has 1 amide bonds. The number of aliphatic carboxylic acids is 1. The summed E-state index contributed by atoms with van der Waals surface area (Å²) in [5.74, 6) is -1.28. The Balaban J connectivity index is 2.56. The first-order valence-corrected chi connectivity index (χ1v) is 4.69. The monoisotopic (exact) mass is 201 g/mol. The fraction of sp³-hybridized carbons (Fsp3) is 0.778. The van der Waals surface area contributed by atoms with Gasteiger partial charge in [0.2, 0.25) is 5.91 Å². The van der Waals surface area contributed by atoms with Crippen molar-refractivity contribution < 1.29 is 19.4 Å². The lowest BCUT2D eigenvalue weighted by Crippen LogP contribution is -2.46. The fourth-order valence-electron chi connectivity index (χ4n) is 1.65. The van der Waals surface area contributed by atoms with Crippen molar-refractivity contribution in [3.63, 3.8) is 0 Å². The van der Waals surface area contributed by atoms with Crippen molar-refractivity contribution in [2.45, 2.75) is 25.8 Å². The number of ether oxygens (including phenoxy) is 1. The van der Waals surface area contributed by atoms with Crippen molar-refractivity contribution in [1.29, 1.82) is 0 Å². The summed E-state index contributed by atoms with van der Waals surface area (Å²) in [4.78, 5) is 21.7. The van der Waals surface area contributed by atoms with E-state index in [-0.39, 0.29) is 11.8 Å². The van der Waals surface area contributed by atoms with E-state index in [2.05, 4.69) is 5.32 Å². The maximum absolute atomic E-state index is 10.9. The van der Waals surface area contributed by atoms with Gasteiger partial charge < -0.3 is 15.2 Å². The minimum Gasteiger partial charge on any atom is -0.480 e. The second kappa shape index (κ2) is 4.95. The molecule has 14 heavy (non-hydrogen) atoms. The second-order valence-corrected chi connectivity index (χ2v) is 3.47. The van der Waals surface area contributed by atoms with Crippen molar-refractivity contribution in [1.82, 2.24) is 5.32 Å². The summed E-state index contributed by atoms with van der Waals surface area (Å²) in [5, 5.41) is 11.4. The molecule has 0 saturated carbocycles. The number of nitrogens with one attached hydrogen (secondary N) is 1. The number of carbonyl (C=O) groups excluding carboxylic acids is 1. The van der Waals surface area contributed by atoms with Crippen LogP contribution in [0.15, 0.2) is 0 Å². The van der Waals surface area contributed by atoms with Gasteiger partial charge in [-0.1, -0.05) is 0 Å². The molecule has 0 radical (unpaired) electrons. The van der Waals surface area contributed by atoms with Crippen LogP contribution in [-0.2, 0) is 14.3 Å². The third kappa shape index (κ3) is 2.99. The molecule has 0 aromatic carbocycles. The van der Waals surface area contributed by atoms with Gasteiger partial charge in [0, 0.05) is 20.1 Å². The number of carbonyl (C=O) groups is 2. The van der Waals surface area contributed by atoms with Crippen LogP contribution in [0, 0.1) is 5.92 Å². The Morgan fingerprint density at radius 3 is 2.43 bits per heavy atom. The van der Waals surface area contributed by atoms with Gasteiger partial charge in [-0.2, -0.15) is 0 Å². The van der Waals surface area contributed by atoms with E-state index >= 15 is 0 Å². The van der Waals surface area contributed by atoms with Crippen LogP contribution in [0.4, 0.5) is 0 Å². The average Bonchev–Trinajstić information content (AvgIpc) is 2.15. The lowest BCUT2D eigenvalue weighted by molar-refractivity contribution is -0.144. The Morgan fingerprint density at radius 2 is 2.00 bits per heavy atom. The Morgan fingerprint density at radius 1 is 1.43 bits per heavy atom. The SMILES string of the molecule is CC(=O)NC(C(=O)O)C1CCOCC1. The number of carboxylic acid groups (broad SMARTS) is 1. The van der Waals surface area contributed by atoms with E-state index in [1.807, 2.05) is 0 Å². The summed E-state index contributed by atoms with van der Waals surface area (Å²) in [7, 11) is 0. The third-order valence-electron chi connectivity index (χ3n) is 2.36. The minimum absolute atomic E-state index is 0.00912. The van der Waals surface area contributed by atoms with Crippen LogP contribution in [0.2, 0.25) is 0 Å². The van der Waals surface area contributed by atoms with E-state index in [0.29, 0.717) is 26.1 Å². The number of carboxylic acids is 1. The van der Waals surface area contributed by atoms with Crippen molar-refractivity contribution in [2.24, 2.45) is 5.92 Å². The lowest BCUT2D eigenvalue weighted by atomic mass is 9.92. The van der Waals surface area contributed by atoms with E-state index < -0.39 is 12.0 Å². The normalized spacial score (nSPS) is 20.1. The van der Waals surface area contributed by atoms with Crippen LogP contribution in [0.5, 0.6) is 0 Å². The van der Waals surface area contributed by atoms with Gasteiger partial charge in [-0.05, 0) is 18.8 Å². The topological polar surface area (TPSA) is 75.6 Å². The molecule has 2 N–H and O–H groups in total. The molecule has 1 fully saturated rings. The number of rotatable bonds is 3. The molecule has 0 spiro atoms. The zero-order valence-corrected chi connectivity index (χ0v) is 8.16. The van der Waals surface area contributed by atoms with E-state index in [9.17, 15) is 9.59 Å². The molecule has 0 bridgehead atoms. The molecule has 1 unspecified atom stereocenters. The van der Waals surface area contributed by atoms with Crippen LogP contribution < -0.4 is 5.32 Å². The molecule has 1 aliphatic rings. The molecule has 0 aromatic rings. The van der Waals surface area contributed by atoms with Crippen LogP contribution in [0.1, 0.15) is 19.8 Å². The quantitative estimate of drug-likeness (QED) is 0.674. The van der Waals surface area contributed by atoms with Gasteiger partial charge in [0.1, 0.15) is 6.04 Å². The van der Waals surface area contributed by atoms with Crippen molar-refractivity contribution in [2.75, 3.05) is 13.2 Å². The highest BCUT2D eigenvalue weighted by molar-refractivity contribution is 5.82. The van der Waals surface area contributed by atoms with Gasteiger partial charge in [-0.3, -0.25) is 4.79 Å². The molecule has 5 nitrogen and oxygen atoms in total. The van der Waals surface area contributed by atoms with Gasteiger partial charge in [0.25, 0.3) is 0 Å². The number of hydrogen-bond acceptors (Lipinski definition) is 3. The Labute approximate surface area is 82.4 Å². The number of hydrogen-bond donors (Lipinski definition) is 2. The highest BCUT2D eigenvalue weighted by Gasteiger charge is 2.30. The van der Waals surface area contributed by atoms with Crippen LogP contribution >= 0.6 is 0 Å². The first kappa shape index (κ1) is 11.0. The average molecular weight is 201 g/mol. The van der Waals surface area contributed by atoms with Crippen LogP contribution in [0.3, 0.4) is 0 Å². The Kier molecular flexibility index (Phi) is 3.88. The summed E-state index contributed by atoms with van der Waals surface area (Å²) in [5.41, 5.74) is 0. The van der Waals surface area contributed by atoms with Gasteiger partial charge in [-0.15, -0.1) is 0 Å². The summed E-state index contributed by atoms with van der Waals surface area (Å²) in [6.07, 6.45) is 1.38. The molecular weight excluding hydrogens is 186 g/mol. The zero-order valence-electron chi connectivity index (χ0n) is 8.16. The molecule has 0 aromatic heterocycles. The van der Waals surface area contributed by atoms with Gasteiger partial charge in [0.05, 0.1) is 0 Å². The molecule has 1 atom stereocenters. The summed E-state index contributed by atoms with van der Waals surface area (Å²) < 4.78 is 5.13. The van der Waals surface area contributed by atoms with E-state index in [0.717, 1.165) is 0 Å². The summed E-state index contributed by atoms with van der Waals surface area (Å²) in [6, 6.07) is -0.767. The third-order valence-corrected chi connectivity index (χ3v) is 2.36. The van der Waals surface area contributed by atoms with Gasteiger partial charge >= 0.3 is 5.97 Å². The number of amides is 1. The predicted molar refractivity (Wildman–Crippen MR) is 48.8 cm³/mol. The summed E-state index contributed by atoms with van der Waals surface area (Å²) in [6.45, 7) is 2.48. The van der Waals surface area contributed by atoms with E-state index in [1.165, 1.54) is 6.92 Å². The molecule has 0 aliphatic carbocycles. The minimum atomic E-state index is -0.966. The lowest BCUT2D eigenvalue weighted by Gasteiger charge is -2.27. The first-order valence-electron chi connectivity index (χ1n) is 4.69. The van der Waals surface area contributed by atoms with Gasteiger partial charge in [0.15, 0.2) is 0 Å². The van der Waals surface area contributed by atoms with Crippen molar-refractivity contribution in [3.05, 3.63) is 0 Å². The first-order chi connectivity index (χ1) is 6.61. The maximum atomic E-state index is 10.9. The van der Waals surface area contributed by atoms with Crippen LogP contribution in [-0.4, -0.2) is 36.2 Å². The highest BCUT2D eigenvalue weighted by Crippen LogP contribution is 2.18. The molecular formula is C9H15NO4. The second-order valence-electron chi connectivity index (χ2n) is 3.47. The molecule has 5 heteroatoms.